The van der Waals surface area contributed by atoms with E-state index >= 15 is 0 Å². The summed E-state index contributed by atoms with van der Waals surface area (Å²) in [6.07, 6.45) is 6.75. The fourth-order valence-electron chi connectivity index (χ4n) is 1.85. The predicted molar refractivity (Wildman–Crippen MR) is 57.3 cm³/mol. The number of ether oxygens (including phenoxy) is 1. The van der Waals surface area contributed by atoms with Crippen molar-refractivity contribution in [1.82, 2.24) is 15.3 Å². The molecule has 1 aromatic heterocycles. The first-order chi connectivity index (χ1) is 7.36. The van der Waals surface area contributed by atoms with Gasteiger partial charge in [0, 0.05) is 38.3 Å². The highest BCUT2D eigenvalue weighted by Gasteiger charge is 2.23. The van der Waals surface area contributed by atoms with Crippen molar-refractivity contribution in [1.29, 1.82) is 0 Å². The zero-order valence-electron chi connectivity index (χ0n) is 9.02. The van der Waals surface area contributed by atoms with Crippen molar-refractivity contribution in [3.8, 4) is 0 Å². The Morgan fingerprint density at radius 2 is 2.47 bits per heavy atom. The predicted octanol–water partition coefficient (Wildman–Crippen LogP) is 0.991. The van der Waals surface area contributed by atoms with Gasteiger partial charge in [-0.05, 0) is 19.3 Å². The summed E-state index contributed by atoms with van der Waals surface area (Å²) in [5.41, 5.74) is 0.990. The summed E-state index contributed by atoms with van der Waals surface area (Å²) in [4.78, 5) is 8.23. The fourth-order valence-corrected chi connectivity index (χ4v) is 1.85. The summed E-state index contributed by atoms with van der Waals surface area (Å²) in [6.45, 7) is 4.83. The molecule has 0 bridgehead atoms. The SMILES string of the molecule is CC1OCCC1CNCc1cnccn1. The molecule has 2 heterocycles. The van der Waals surface area contributed by atoms with E-state index in [0.717, 1.165) is 31.8 Å². The highest BCUT2D eigenvalue weighted by Crippen LogP contribution is 2.19. The van der Waals surface area contributed by atoms with Gasteiger partial charge in [-0.3, -0.25) is 9.97 Å². The molecule has 1 aliphatic rings. The van der Waals surface area contributed by atoms with Crippen LogP contribution in [0.4, 0.5) is 0 Å². The van der Waals surface area contributed by atoms with E-state index in [-0.39, 0.29) is 0 Å². The maximum atomic E-state index is 5.50. The zero-order chi connectivity index (χ0) is 10.5. The maximum absolute atomic E-state index is 5.50. The quantitative estimate of drug-likeness (QED) is 0.800. The van der Waals surface area contributed by atoms with E-state index in [1.165, 1.54) is 0 Å². The fraction of sp³-hybridized carbons (Fsp3) is 0.636. The third-order valence-corrected chi connectivity index (χ3v) is 2.86. The molecule has 0 aliphatic carbocycles. The van der Waals surface area contributed by atoms with Crippen molar-refractivity contribution < 1.29 is 4.74 Å². The molecular formula is C11H17N3O. The van der Waals surface area contributed by atoms with Crippen LogP contribution in [0.25, 0.3) is 0 Å². The van der Waals surface area contributed by atoms with E-state index in [9.17, 15) is 0 Å². The van der Waals surface area contributed by atoms with Crippen molar-refractivity contribution in [2.24, 2.45) is 5.92 Å². The zero-order valence-corrected chi connectivity index (χ0v) is 9.02. The third kappa shape index (κ3) is 2.97. The highest BCUT2D eigenvalue weighted by molar-refractivity contribution is 4.93. The molecule has 1 aliphatic heterocycles. The van der Waals surface area contributed by atoms with Gasteiger partial charge in [0.1, 0.15) is 0 Å². The molecular weight excluding hydrogens is 190 g/mol. The van der Waals surface area contributed by atoms with E-state index in [1.807, 2.05) is 0 Å². The molecule has 15 heavy (non-hydrogen) atoms. The molecule has 1 N–H and O–H groups in total. The molecule has 82 valence electrons. The molecule has 0 radical (unpaired) electrons. The van der Waals surface area contributed by atoms with Gasteiger partial charge in [-0.1, -0.05) is 0 Å². The van der Waals surface area contributed by atoms with Crippen LogP contribution in [0.1, 0.15) is 19.0 Å². The van der Waals surface area contributed by atoms with Gasteiger partial charge in [0.05, 0.1) is 11.8 Å². The van der Waals surface area contributed by atoms with Crippen LogP contribution in [0.2, 0.25) is 0 Å². The standard InChI is InChI=1S/C11H17N3O/c1-9-10(2-5-15-9)6-13-8-11-7-12-3-4-14-11/h3-4,7,9-10,13H,2,5-6,8H2,1H3. The molecule has 0 saturated carbocycles. The van der Waals surface area contributed by atoms with Gasteiger partial charge in [0.15, 0.2) is 0 Å². The first kappa shape index (κ1) is 10.5. The smallest absolute Gasteiger partial charge is 0.0724 e. The minimum atomic E-state index is 0.388. The second-order valence-corrected chi connectivity index (χ2v) is 3.95. The van der Waals surface area contributed by atoms with Gasteiger partial charge in [-0.25, -0.2) is 0 Å². The average Bonchev–Trinajstić information content (AvgIpc) is 2.66. The lowest BCUT2D eigenvalue weighted by Crippen LogP contribution is -2.26. The molecule has 0 amide bonds. The summed E-state index contributed by atoms with van der Waals surface area (Å²) in [5.74, 6) is 0.640. The lowest BCUT2D eigenvalue weighted by Gasteiger charge is -2.14. The van der Waals surface area contributed by atoms with Crippen LogP contribution in [-0.2, 0) is 11.3 Å². The van der Waals surface area contributed by atoms with E-state index in [2.05, 4.69) is 22.2 Å². The molecule has 1 saturated heterocycles. The molecule has 1 fully saturated rings. The Kier molecular flexibility index (Phi) is 3.64. The average molecular weight is 207 g/mol. The topological polar surface area (TPSA) is 47.0 Å². The minimum Gasteiger partial charge on any atom is -0.378 e. The molecule has 4 nitrogen and oxygen atoms in total. The van der Waals surface area contributed by atoms with Gasteiger partial charge >= 0.3 is 0 Å². The molecule has 1 aromatic rings. The van der Waals surface area contributed by atoms with E-state index in [1.54, 1.807) is 18.6 Å². The molecule has 2 atom stereocenters. The Labute approximate surface area is 90.1 Å². The van der Waals surface area contributed by atoms with Gasteiger partial charge in [0.25, 0.3) is 0 Å². The van der Waals surface area contributed by atoms with Crippen LogP contribution in [0.5, 0.6) is 0 Å². The van der Waals surface area contributed by atoms with Crippen LogP contribution < -0.4 is 5.32 Å². The number of aromatic nitrogens is 2. The molecule has 2 unspecified atom stereocenters. The normalized spacial score (nSPS) is 25.7. The van der Waals surface area contributed by atoms with Crippen LogP contribution in [0.15, 0.2) is 18.6 Å². The first-order valence-corrected chi connectivity index (χ1v) is 5.43. The van der Waals surface area contributed by atoms with E-state index in [0.29, 0.717) is 12.0 Å². The van der Waals surface area contributed by atoms with Crippen molar-refractivity contribution in [3.63, 3.8) is 0 Å². The monoisotopic (exact) mass is 207 g/mol. The number of nitrogens with one attached hydrogen (secondary N) is 1. The van der Waals surface area contributed by atoms with Crippen LogP contribution >= 0.6 is 0 Å². The Bertz CT molecular complexity index is 291. The lowest BCUT2D eigenvalue weighted by molar-refractivity contribution is 0.105. The summed E-state index contributed by atoms with van der Waals surface area (Å²) >= 11 is 0. The lowest BCUT2D eigenvalue weighted by atomic mass is 10.0. The van der Waals surface area contributed by atoms with Gasteiger partial charge in [-0.15, -0.1) is 0 Å². The molecule has 4 heteroatoms. The summed E-state index contributed by atoms with van der Waals surface area (Å²) in [6, 6.07) is 0. The van der Waals surface area contributed by atoms with Crippen molar-refractivity contribution in [3.05, 3.63) is 24.3 Å². The second-order valence-electron chi connectivity index (χ2n) is 3.95. The summed E-state index contributed by atoms with van der Waals surface area (Å²) < 4.78 is 5.50. The Morgan fingerprint density at radius 1 is 1.53 bits per heavy atom. The number of hydrogen-bond donors (Lipinski definition) is 1. The van der Waals surface area contributed by atoms with Gasteiger partial charge in [0.2, 0.25) is 0 Å². The van der Waals surface area contributed by atoms with E-state index < -0.39 is 0 Å². The largest absolute Gasteiger partial charge is 0.378 e. The second kappa shape index (κ2) is 5.19. The number of nitrogens with zero attached hydrogens (tertiary/aromatic N) is 2. The third-order valence-electron chi connectivity index (χ3n) is 2.86. The molecule has 2 rings (SSSR count). The minimum absolute atomic E-state index is 0.388. The number of hydrogen-bond acceptors (Lipinski definition) is 4. The highest BCUT2D eigenvalue weighted by atomic mass is 16.5. The Morgan fingerprint density at radius 3 is 3.13 bits per heavy atom. The van der Waals surface area contributed by atoms with Crippen molar-refractivity contribution >= 4 is 0 Å². The maximum Gasteiger partial charge on any atom is 0.0724 e. The van der Waals surface area contributed by atoms with Gasteiger partial charge < -0.3 is 10.1 Å². The Balaban J connectivity index is 1.71. The number of rotatable bonds is 4. The van der Waals surface area contributed by atoms with Crippen LogP contribution in [0, 0.1) is 5.92 Å². The van der Waals surface area contributed by atoms with Crippen LogP contribution in [-0.4, -0.2) is 29.2 Å². The van der Waals surface area contributed by atoms with Crippen LogP contribution in [0.3, 0.4) is 0 Å². The molecule has 0 spiro atoms. The van der Waals surface area contributed by atoms with Crippen molar-refractivity contribution in [2.75, 3.05) is 13.2 Å². The summed E-state index contributed by atoms with van der Waals surface area (Å²) in [5, 5.41) is 3.39. The first-order valence-electron chi connectivity index (χ1n) is 5.43. The van der Waals surface area contributed by atoms with E-state index in [4.69, 9.17) is 4.74 Å². The molecule has 0 aromatic carbocycles. The van der Waals surface area contributed by atoms with Gasteiger partial charge in [-0.2, -0.15) is 0 Å². The Hall–Kier alpha value is -1.00. The summed E-state index contributed by atoms with van der Waals surface area (Å²) in [7, 11) is 0. The van der Waals surface area contributed by atoms with Crippen molar-refractivity contribution in [2.45, 2.75) is 26.0 Å².